The summed E-state index contributed by atoms with van der Waals surface area (Å²) in [4.78, 5) is 22.0. The van der Waals surface area contributed by atoms with Gasteiger partial charge in [0.25, 0.3) is 0 Å². The molecule has 0 saturated carbocycles. The van der Waals surface area contributed by atoms with Crippen molar-refractivity contribution in [2.75, 3.05) is 10.9 Å². The normalized spacial score (nSPS) is 10.8. The summed E-state index contributed by atoms with van der Waals surface area (Å²) in [6, 6.07) is 9.19. The molecule has 1 aromatic carbocycles. The molecule has 0 aliphatic heterocycles. The van der Waals surface area contributed by atoms with Crippen LogP contribution in [-0.2, 0) is 11.3 Å². The number of hydrogen-bond acceptors (Lipinski definition) is 6. The number of nitrogen functional groups attached to an aromatic ring is 1. The summed E-state index contributed by atoms with van der Waals surface area (Å²) < 4.78 is 14.8. The molecule has 0 aliphatic rings. The summed E-state index contributed by atoms with van der Waals surface area (Å²) in [6.07, 6.45) is 1.90. The van der Waals surface area contributed by atoms with Crippen LogP contribution in [0.4, 0.5) is 15.8 Å². The minimum atomic E-state index is -0.711. The molecule has 0 unspecified atom stereocenters. The van der Waals surface area contributed by atoms with E-state index in [0.717, 1.165) is 5.17 Å². The molecule has 124 valence electrons. The van der Waals surface area contributed by atoms with Crippen LogP contribution in [0, 0.1) is 5.82 Å². The van der Waals surface area contributed by atoms with Crippen LogP contribution in [0.2, 0.25) is 0 Å². The molecule has 0 spiro atoms. The first-order valence-corrected chi connectivity index (χ1v) is 7.29. The van der Waals surface area contributed by atoms with Gasteiger partial charge in [0.1, 0.15) is 17.2 Å². The van der Waals surface area contributed by atoms with E-state index in [1.54, 1.807) is 24.3 Å². The van der Waals surface area contributed by atoms with Crippen LogP contribution in [0.15, 0.2) is 42.6 Å². The van der Waals surface area contributed by atoms with E-state index in [4.69, 9.17) is 16.4 Å². The van der Waals surface area contributed by atoms with E-state index < -0.39 is 11.8 Å². The molecular formula is C16H16FN5O2. The smallest absolute Gasteiger partial charge is 0.383 e. The van der Waals surface area contributed by atoms with E-state index in [1.807, 2.05) is 6.92 Å². The van der Waals surface area contributed by atoms with Crippen LogP contribution in [0.5, 0.6) is 0 Å². The average Bonchev–Trinajstić information content (AvgIpc) is 2.92. The third-order valence-electron chi connectivity index (χ3n) is 3.54. The predicted molar refractivity (Wildman–Crippen MR) is 87.5 cm³/mol. The summed E-state index contributed by atoms with van der Waals surface area (Å²) >= 11 is 0. The van der Waals surface area contributed by atoms with Gasteiger partial charge in [-0.2, -0.15) is 0 Å². The molecule has 7 nitrogen and oxygen atoms in total. The maximum atomic E-state index is 13.3. The van der Waals surface area contributed by atoms with Crippen molar-refractivity contribution < 1.29 is 14.0 Å². The van der Waals surface area contributed by atoms with Crippen molar-refractivity contribution in [2.45, 2.75) is 13.3 Å². The Morgan fingerprint density at radius 3 is 2.83 bits per heavy atom. The minimum absolute atomic E-state index is 0.192. The number of nitrogens with zero attached hydrogens (tertiary/aromatic N) is 3. The first-order valence-electron chi connectivity index (χ1n) is 7.29. The molecule has 0 radical (unpaired) electrons. The fourth-order valence-corrected chi connectivity index (χ4v) is 2.40. The summed E-state index contributed by atoms with van der Waals surface area (Å²) in [7, 11) is 0. The predicted octanol–water partition coefficient (Wildman–Crippen LogP) is 2.07. The number of benzene rings is 1. The Morgan fingerprint density at radius 1 is 1.38 bits per heavy atom. The maximum absolute atomic E-state index is 13.3. The van der Waals surface area contributed by atoms with Crippen molar-refractivity contribution in [3.05, 3.63) is 59.8 Å². The van der Waals surface area contributed by atoms with Crippen molar-refractivity contribution in [1.82, 2.24) is 9.38 Å². The molecule has 3 aromatic rings. The standard InChI is InChI=1S/C16H16FN5O2/c1-2-12-15(21-8-7-10(17)9-14(21)20-12)16(23)24-22(19)13-6-4-3-5-11(13)18/h3-9H,2,18-19H2,1H3. The topological polar surface area (TPSA) is 98.9 Å². The monoisotopic (exact) mass is 329 g/mol. The first-order chi connectivity index (χ1) is 11.5. The Hall–Kier alpha value is -3.13. The van der Waals surface area contributed by atoms with Gasteiger partial charge in [0.15, 0.2) is 5.69 Å². The Kier molecular flexibility index (Phi) is 4.05. The second-order valence-electron chi connectivity index (χ2n) is 5.10. The first kappa shape index (κ1) is 15.8. The minimum Gasteiger partial charge on any atom is -0.397 e. The molecule has 8 heteroatoms. The second-order valence-corrected chi connectivity index (χ2v) is 5.10. The van der Waals surface area contributed by atoms with E-state index >= 15 is 0 Å². The molecule has 2 heterocycles. The third kappa shape index (κ3) is 2.74. The van der Waals surface area contributed by atoms with Crippen molar-refractivity contribution in [3.8, 4) is 0 Å². The second kappa shape index (κ2) is 6.17. The van der Waals surface area contributed by atoms with Gasteiger partial charge in [0.05, 0.1) is 11.4 Å². The van der Waals surface area contributed by atoms with Gasteiger partial charge in [0.2, 0.25) is 0 Å². The molecule has 0 atom stereocenters. The lowest BCUT2D eigenvalue weighted by Gasteiger charge is -2.18. The highest BCUT2D eigenvalue weighted by atomic mass is 19.1. The Labute approximate surface area is 137 Å². The van der Waals surface area contributed by atoms with Gasteiger partial charge in [-0.15, -0.1) is 5.17 Å². The van der Waals surface area contributed by atoms with Crippen molar-refractivity contribution in [3.63, 3.8) is 0 Å². The van der Waals surface area contributed by atoms with E-state index in [1.165, 1.54) is 22.7 Å². The van der Waals surface area contributed by atoms with E-state index in [9.17, 15) is 9.18 Å². The molecule has 0 aliphatic carbocycles. The number of aryl methyl sites for hydroxylation is 1. The van der Waals surface area contributed by atoms with Crippen LogP contribution in [0.25, 0.3) is 5.65 Å². The number of pyridine rings is 1. The number of nitrogens with two attached hydrogens (primary N) is 2. The maximum Gasteiger partial charge on any atom is 0.383 e. The molecule has 24 heavy (non-hydrogen) atoms. The molecule has 4 N–H and O–H groups in total. The van der Waals surface area contributed by atoms with Gasteiger partial charge < -0.3 is 10.6 Å². The zero-order valence-electron chi connectivity index (χ0n) is 12.9. The Balaban J connectivity index is 1.95. The molecule has 0 amide bonds. The molecule has 0 saturated heterocycles. The van der Waals surface area contributed by atoms with Crippen molar-refractivity contribution in [2.24, 2.45) is 5.84 Å². The van der Waals surface area contributed by atoms with Crippen LogP contribution in [-0.4, -0.2) is 15.4 Å². The lowest BCUT2D eigenvalue weighted by Crippen LogP contribution is -2.35. The lowest BCUT2D eigenvalue weighted by molar-refractivity contribution is 0.0441. The highest BCUT2D eigenvalue weighted by molar-refractivity contribution is 5.91. The Bertz CT molecular complexity index is 909. The molecule has 2 aromatic heterocycles. The largest absolute Gasteiger partial charge is 0.397 e. The number of imidazole rings is 1. The average molecular weight is 329 g/mol. The fraction of sp³-hybridized carbons (Fsp3) is 0.125. The van der Waals surface area contributed by atoms with Crippen LogP contribution in [0.3, 0.4) is 0 Å². The Morgan fingerprint density at radius 2 is 2.12 bits per heavy atom. The van der Waals surface area contributed by atoms with Crippen LogP contribution >= 0.6 is 0 Å². The van der Waals surface area contributed by atoms with Crippen molar-refractivity contribution >= 4 is 23.0 Å². The lowest BCUT2D eigenvalue weighted by atomic mass is 10.2. The van der Waals surface area contributed by atoms with E-state index in [2.05, 4.69) is 4.98 Å². The molecule has 3 rings (SSSR count). The number of carbonyl (C=O) groups is 1. The number of anilines is 2. The molecule has 0 bridgehead atoms. The van der Waals surface area contributed by atoms with E-state index in [0.29, 0.717) is 29.1 Å². The summed E-state index contributed by atoms with van der Waals surface area (Å²) in [5.41, 5.74) is 7.52. The number of hydrazine groups is 1. The highest BCUT2D eigenvalue weighted by Gasteiger charge is 2.22. The number of fused-ring (bicyclic) bond motifs is 1. The van der Waals surface area contributed by atoms with Crippen LogP contribution < -0.4 is 16.7 Å². The number of halogens is 1. The number of para-hydroxylation sites is 2. The molecule has 0 fully saturated rings. The number of carbonyl (C=O) groups excluding carboxylic acids is 1. The zero-order valence-corrected chi connectivity index (χ0v) is 12.9. The van der Waals surface area contributed by atoms with E-state index in [-0.39, 0.29) is 5.69 Å². The van der Waals surface area contributed by atoms with Gasteiger partial charge in [-0.3, -0.25) is 4.40 Å². The van der Waals surface area contributed by atoms with Gasteiger partial charge in [-0.05, 0) is 24.6 Å². The summed E-state index contributed by atoms with van der Waals surface area (Å²) in [5, 5.41) is 0.806. The highest BCUT2D eigenvalue weighted by Crippen LogP contribution is 2.22. The molecular weight excluding hydrogens is 313 g/mol. The SMILES string of the molecule is CCc1nc2cc(F)ccn2c1C(=O)ON(N)c1ccccc1N. The van der Waals surface area contributed by atoms with Crippen LogP contribution in [0.1, 0.15) is 23.1 Å². The quantitative estimate of drug-likeness (QED) is 0.432. The van der Waals surface area contributed by atoms with Crippen molar-refractivity contribution in [1.29, 1.82) is 0 Å². The van der Waals surface area contributed by atoms with Gasteiger partial charge in [-0.1, -0.05) is 19.1 Å². The van der Waals surface area contributed by atoms with Gasteiger partial charge in [0, 0.05) is 12.3 Å². The van der Waals surface area contributed by atoms with Gasteiger partial charge in [-0.25, -0.2) is 20.0 Å². The zero-order chi connectivity index (χ0) is 17.3. The number of aromatic nitrogens is 2. The van der Waals surface area contributed by atoms with Gasteiger partial charge >= 0.3 is 5.97 Å². The fourth-order valence-electron chi connectivity index (χ4n) is 2.40. The third-order valence-corrected chi connectivity index (χ3v) is 3.54. The summed E-state index contributed by atoms with van der Waals surface area (Å²) in [5.74, 6) is 4.63. The number of rotatable bonds is 4. The number of hydrogen-bond donors (Lipinski definition) is 2. The summed E-state index contributed by atoms with van der Waals surface area (Å²) in [6.45, 7) is 1.84.